The SMILES string of the molecule is CN(C)CCCNc1cccc(F)c1C1=NCCCN1. The van der Waals surface area contributed by atoms with E-state index in [4.69, 9.17) is 0 Å². The second-order valence-electron chi connectivity index (χ2n) is 5.26. The van der Waals surface area contributed by atoms with E-state index in [2.05, 4.69) is 20.5 Å². The van der Waals surface area contributed by atoms with Crippen molar-refractivity contribution in [3.63, 3.8) is 0 Å². The van der Waals surface area contributed by atoms with Crippen LogP contribution in [0.15, 0.2) is 23.2 Å². The van der Waals surface area contributed by atoms with Crippen molar-refractivity contribution >= 4 is 11.5 Å². The van der Waals surface area contributed by atoms with Gasteiger partial charge in [-0.3, -0.25) is 4.99 Å². The van der Waals surface area contributed by atoms with Crippen molar-refractivity contribution in [3.8, 4) is 0 Å². The standard InChI is InChI=1S/C15H23FN4/c1-20(2)11-5-10-17-13-7-3-6-12(16)14(13)15-18-8-4-9-19-15/h3,6-7,17H,4-5,8-11H2,1-2H3,(H,18,19). The zero-order valence-electron chi connectivity index (χ0n) is 12.2. The van der Waals surface area contributed by atoms with Gasteiger partial charge in [0.1, 0.15) is 11.7 Å². The first-order chi connectivity index (χ1) is 9.68. The summed E-state index contributed by atoms with van der Waals surface area (Å²) in [5.41, 5.74) is 1.38. The Hall–Kier alpha value is -1.62. The second kappa shape index (κ2) is 7.24. The van der Waals surface area contributed by atoms with Gasteiger partial charge >= 0.3 is 0 Å². The molecule has 0 aromatic heterocycles. The Kier molecular flexibility index (Phi) is 5.35. The summed E-state index contributed by atoms with van der Waals surface area (Å²) in [7, 11) is 4.10. The Morgan fingerprint density at radius 2 is 2.25 bits per heavy atom. The van der Waals surface area contributed by atoms with E-state index in [0.29, 0.717) is 11.4 Å². The third kappa shape index (κ3) is 3.93. The lowest BCUT2D eigenvalue weighted by molar-refractivity contribution is 0.405. The topological polar surface area (TPSA) is 39.7 Å². The minimum absolute atomic E-state index is 0.226. The average molecular weight is 278 g/mol. The van der Waals surface area contributed by atoms with E-state index in [1.165, 1.54) is 6.07 Å². The second-order valence-corrected chi connectivity index (χ2v) is 5.26. The third-order valence-corrected chi connectivity index (χ3v) is 3.25. The molecule has 2 rings (SSSR count). The number of halogens is 1. The van der Waals surface area contributed by atoms with Crippen LogP contribution in [0, 0.1) is 5.82 Å². The Morgan fingerprint density at radius 1 is 1.40 bits per heavy atom. The first kappa shape index (κ1) is 14.8. The van der Waals surface area contributed by atoms with Gasteiger partial charge in [0.25, 0.3) is 0 Å². The van der Waals surface area contributed by atoms with E-state index < -0.39 is 0 Å². The van der Waals surface area contributed by atoms with Crippen LogP contribution in [-0.2, 0) is 0 Å². The van der Waals surface area contributed by atoms with Gasteiger partial charge in [0.2, 0.25) is 0 Å². The van der Waals surface area contributed by atoms with Crippen LogP contribution >= 0.6 is 0 Å². The fraction of sp³-hybridized carbons (Fsp3) is 0.533. The van der Waals surface area contributed by atoms with Crippen molar-refractivity contribution in [1.29, 1.82) is 0 Å². The number of hydrogen-bond acceptors (Lipinski definition) is 4. The Morgan fingerprint density at radius 3 is 2.95 bits per heavy atom. The maximum absolute atomic E-state index is 14.1. The van der Waals surface area contributed by atoms with E-state index in [9.17, 15) is 4.39 Å². The predicted molar refractivity (Wildman–Crippen MR) is 82.1 cm³/mol. The van der Waals surface area contributed by atoms with Crippen molar-refractivity contribution in [2.24, 2.45) is 4.99 Å². The van der Waals surface area contributed by atoms with Crippen LogP contribution in [0.25, 0.3) is 0 Å². The highest BCUT2D eigenvalue weighted by molar-refractivity contribution is 6.04. The molecule has 0 bridgehead atoms. The van der Waals surface area contributed by atoms with Crippen LogP contribution in [0.4, 0.5) is 10.1 Å². The maximum atomic E-state index is 14.1. The molecular weight excluding hydrogens is 255 g/mol. The van der Waals surface area contributed by atoms with Crippen LogP contribution in [0.5, 0.6) is 0 Å². The van der Waals surface area contributed by atoms with Crippen LogP contribution in [0.3, 0.4) is 0 Å². The molecule has 0 saturated carbocycles. The third-order valence-electron chi connectivity index (χ3n) is 3.25. The van der Waals surface area contributed by atoms with E-state index >= 15 is 0 Å². The van der Waals surface area contributed by atoms with Crippen molar-refractivity contribution in [2.45, 2.75) is 12.8 Å². The van der Waals surface area contributed by atoms with Crippen molar-refractivity contribution in [3.05, 3.63) is 29.6 Å². The maximum Gasteiger partial charge on any atom is 0.136 e. The number of rotatable bonds is 6. The summed E-state index contributed by atoms with van der Waals surface area (Å²) < 4.78 is 14.1. The summed E-state index contributed by atoms with van der Waals surface area (Å²) in [6, 6.07) is 5.13. The summed E-state index contributed by atoms with van der Waals surface area (Å²) in [6.07, 6.45) is 2.02. The van der Waals surface area contributed by atoms with E-state index in [-0.39, 0.29) is 5.82 Å². The van der Waals surface area contributed by atoms with Crippen LogP contribution in [0.1, 0.15) is 18.4 Å². The number of anilines is 1. The van der Waals surface area contributed by atoms with Crippen molar-refractivity contribution in [1.82, 2.24) is 10.2 Å². The smallest absolute Gasteiger partial charge is 0.136 e. The summed E-state index contributed by atoms with van der Waals surface area (Å²) in [4.78, 5) is 6.53. The predicted octanol–water partition coefficient (Wildman–Crippen LogP) is 1.93. The summed E-state index contributed by atoms with van der Waals surface area (Å²) in [5, 5.41) is 6.51. The highest BCUT2D eigenvalue weighted by atomic mass is 19.1. The van der Waals surface area contributed by atoms with Gasteiger partial charge in [-0.15, -0.1) is 0 Å². The van der Waals surface area contributed by atoms with Crippen molar-refractivity contribution in [2.75, 3.05) is 45.6 Å². The lowest BCUT2D eigenvalue weighted by Crippen LogP contribution is -2.31. The molecule has 0 atom stereocenters. The molecule has 1 aliphatic heterocycles. The van der Waals surface area contributed by atoms with E-state index in [0.717, 1.165) is 44.7 Å². The molecule has 20 heavy (non-hydrogen) atoms. The first-order valence-corrected chi connectivity index (χ1v) is 7.14. The highest BCUT2D eigenvalue weighted by Gasteiger charge is 2.16. The molecular formula is C15H23FN4. The molecule has 0 aliphatic carbocycles. The van der Waals surface area contributed by atoms with Gasteiger partial charge < -0.3 is 15.5 Å². The molecule has 0 fully saturated rings. The Labute approximate surface area is 120 Å². The van der Waals surface area contributed by atoms with E-state index in [1.54, 1.807) is 6.07 Å². The van der Waals surface area contributed by atoms with Gasteiger partial charge in [0.15, 0.2) is 0 Å². The fourth-order valence-corrected chi connectivity index (χ4v) is 2.23. The van der Waals surface area contributed by atoms with Gasteiger partial charge in [-0.2, -0.15) is 0 Å². The van der Waals surface area contributed by atoms with Crippen LogP contribution in [-0.4, -0.2) is 51.0 Å². The Balaban J connectivity index is 2.08. The van der Waals surface area contributed by atoms with Gasteiger partial charge in [-0.05, 0) is 45.6 Å². The number of amidine groups is 1. The molecule has 0 saturated heterocycles. The Bertz CT molecular complexity index is 471. The van der Waals surface area contributed by atoms with Crippen LogP contribution < -0.4 is 10.6 Å². The van der Waals surface area contributed by atoms with Crippen LogP contribution in [0.2, 0.25) is 0 Å². The van der Waals surface area contributed by atoms with Gasteiger partial charge in [-0.1, -0.05) is 6.07 Å². The largest absolute Gasteiger partial charge is 0.384 e. The molecule has 0 amide bonds. The van der Waals surface area contributed by atoms with Gasteiger partial charge in [-0.25, -0.2) is 4.39 Å². The number of benzene rings is 1. The fourth-order valence-electron chi connectivity index (χ4n) is 2.23. The monoisotopic (exact) mass is 278 g/mol. The molecule has 110 valence electrons. The number of hydrogen-bond donors (Lipinski definition) is 2. The zero-order chi connectivity index (χ0) is 14.4. The van der Waals surface area contributed by atoms with Gasteiger partial charge in [0.05, 0.1) is 5.56 Å². The zero-order valence-corrected chi connectivity index (χ0v) is 12.2. The minimum Gasteiger partial charge on any atom is -0.384 e. The first-order valence-electron chi connectivity index (χ1n) is 7.14. The quantitative estimate of drug-likeness (QED) is 0.781. The summed E-state index contributed by atoms with van der Waals surface area (Å²) in [5.74, 6) is 0.445. The summed E-state index contributed by atoms with van der Waals surface area (Å²) >= 11 is 0. The molecule has 5 heteroatoms. The average Bonchev–Trinajstić information content (AvgIpc) is 2.44. The van der Waals surface area contributed by atoms with Crippen molar-refractivity contribution < 1.29 is 4.39 Å². The number of nitrogens with zero attached hydrogens (tertiary/aromatic N) is 2. The molecule has 1 aromatic carbocycles. The molecule has 1 heterocycles. The number of aliphatic imine (C=N–C) groups is 1. The number of nitrogens with one attached hydrogen (secondary N) is 2. The normalized spacial score (nSPS) is 14.9. The lowest BCUT2D eigenvalue weighted by atomic mass is 10.1. The molecule has 1 aliphatic rings. The molecule has 2 N–H and O–H groups in total. The summed E-state index contributed by atoms with van der Waals surface area (Å²) in [6.45, 7) is 3.45. The lowest BCUT2D eigenvalue weighted by Gasteiger charge is -2.19. The van der Waals surface area contributed by atoms with E-state index in [1.807, 2.05) is 20.2 Å². The molecule has 4 nitrogen and oxygen atoms in total. The molecule has 1 aromatic rings. The molecule has 0 spiro atoms. The van der Waals surface area contributed by atoms with Gasteiger partial charge in [0, 0.05) is 25.3 Å². The molecule has 0 unspecified atom stereocenters. The molecule has 0 radical (unpaired) electrons. The highest BCUT2D eigenvalue weighted by Crippen LogP contribution is 2.20. The minimum atomic E-state index is -0.226.